The molecule has 0 bridgehead atoms. The van der Waals surface area contributed by atoms with Crippen molar-refractivity contribution in [3.05, 3.63) is 72.8 Å². The molecule has 0 fully saturated rings. The molecule has 2 N–H and O–H groups in total. The molecule has 32 heavy (non-hydrogen) atoms. The Hall–Kier alpha value is -1.72. The highest BCUT2D eigenvalue weighted by atomic mass is 28.4. The Labute approximate surface area is 196 Å². The van der Waals surface area contributed by atoms with Crippen LogP contribution >= 0.6 is 0 Å². The Morgan fingerprint density at radius 2 is 1.28 bits per heavy atom. The Bertz CT molecular complexity index is 744. The van der Waals surface area contributed by atoms with Crippen LogP contribution in [0.25, 0.3) is 0 Å². The van der Waals surface area contributed by atoms with Gasteiger partial charge in [0.2, 0.25) is 0 Å². The van der Waals surface area contributed by atoms with Gasteiger partial charge in [-0.15, -0.1) is 0 Å². The second-order valence-corrected chi connectivity index (χ2v) is 14.0. The van der Waals surface area contributed by atoms with Crippen molar-refractivity contribution >= 4 is 18.7 Å². The van der Waals surface area contributed by atoms with Crippen LogP contribution in [-0.4, -0.2) is 37.3 Å². The molecule has 2 rings (SSSR count). The van der Waals surface area contributed by atoms with Crippen LogP contribution in [0.5, 0.6) is 0 Å². The van der Waals surface area contributed by atoms with Gasteiger partial charge in [-0.25, -0.2) is 0 Å². The fourth-order valence-corrected chi connectivity index (χ4v) is 8.91. The van der Waals surface area contributed by atoms with Crippen LogP contribution in [0.15, 0.2) is 72.8 Å². The van der Waals surface area contributed by atoms with Gasteiger partial charge in [0, 0.05) is 0 Å². The third-order valence-corrected chi connectivity index (χ3v) is 11.1. The maximum absolute atomic E-state index is 10.7. The number of benzene rings is 2. The lowest BCUT2D eigenvalue weighted by Gasteiger charge is -2.43. The van der Waals surface area contributed by atoms with Crippen molar-refractivity contribution in [1.82, 2.24) is 0 Å². The van der Waals surface area contributed by atoms with E-state index in [0.29, 0.717) is 0 Å². The predicted molar refractivity (Wildman–Crippen MR) is 138 cm³/mol. The summed E-state index contributed by atoms with van der Waals surface area (Å²) in [6, 6.07) is 20.9. The molecule has 0 unspecified atom stereocenters. The Kier molecular flexibility index (Phi) is 10.9. The minimum Gasteiger partial charge on any atom is -0.404 e. The Morgan fingerprint density at radius 3 is 1.78 bits per heavy atom. The molecule has 0 spiro atoms. The highest BCUT2D eigenvalue weighted by molar-refractivity contribution is 6.99. The summed E-state index contributed by atoms with van der Waals surface area (Å²) in [5.41, 5.74) is 0. The molecule has 176 valence electrons. The quantitative estimate of drug-likeness (QED) is 0.248. The zero-order chi connectivity index (χ0) is 23.5. The summed E-state index contributed by atoms with van der Waals surface area (Å²) in [6.07, 6.45) is 8.74. The normalized spacial score (nSPS) is 14.6. The fraction of sp³-hybridized carbons (Fsp3) is 0.500. The molecule has 2 aromatic rings. The highest BCUT2D eigenvalue weighted by Gasteiger charge is 2.50. The van der Waals surface area contributed by atoms with Crippen LogP contribution in [-0.2, 0) is 4.43 Å². The summed E-state index contributed by atoms with van der Waals surface area (Å²) in [5.74, 6) is 0. The second-order valence-electron chi connectivity index (χ2n) is 9.70. The summed E-state index contributed by atoms with van der Waals surface area (Å²) < 4.78 is 6.74. The summed E-state index contributed by atoms with van der Waals surface area (Å²) in [4.78, 5) is 0. The zero-order valence-corrected chi connectivity index (χ0v) is 21.3. The van der Waals surface area contributed by atoms with Crippen LogP contribution in [0, 0.1) is 0 Å². The number of unbranched alkanes of at least 4 members (excludes halogenated alkanes) is 4. The van der Waals surface area contributed by atoms with Gasteiger partial charge in [0.25, 0.3) is 8.32 Å². The molecule has 0 heterocycles. The number of rotatable bonds is 13. The van der Waals surface area contributed by atoms with E-state index < -0.39 is 20.5 Å². The van der Waals surface area contributed by atoms with Gasteiger partial charge in [0.15, 0.2) is 0 Å². The van der Waals surface area contributed by atoms with Crippen molar-refractivity contribution in [1.29, 1.82) is 0 Å². The molecule has 2 aromatic carbocycles. The van der Waals surface area contributed by atoms with Gasteiger partial charge in [-0.2, -0.15) is 0 Å². The van der Waals surface area contributed by atoms with E-state index in [1.807, 2.05) is 12.1 Å². The van der Waals surface area contributed by atoms with Gasteiger partial charge in [-0.05, 0) is 21.8 Å². The van der Waals surface area contributed by atoms with Gasteiger partial charge in [0.1, 0.15) is 0 Å². The van der Waals surface area contributed by atoms with Crippen LogP contribution in [0.2, 0.25) is 5.04 Å². The molecule has 0 saturated carbocycles. The van der Waals surface area contributed by atoms with Crippen molar-refractivity contribution in [2.24, 2.45) is 0 Å². The van der Waals surface area contributed by atoms with E-state index in [1.54, 1.807) is 12.2 Å². The molecule has 3 nitrogen and oxygen atoms in total. The number of hydrogen-bond donors (Lipinski definition) is 2. The SMILES string of the molecule is CCCCCCC[C@H](O)/C=C/[C@H](O)CO[Si](c1ccccc1)(c1ccccc1)C(C)(C)C. The lowest BCUT2D eigenvalue weighted by molar-refractivity contribution is 0.136. The summed E-state index contributed by atoms with van der Waals surface area (Å²) in [5, 5.41) is 23.2. The maximum atomic E-state index is 10.7. The fourth-order valence-electron chi connectivity index (χ4n) is 4.34. The third-order valence-electron chi connectivity index (χ3n) is 6.05. The molecule has 0 aliphatic heterocycles. The molecule has 0 aliphatic rings. The molecule has 2 atom stereocenters. The van der Waals surface area contributed by atoms with Gasteiger partial charge >= 0.3 is 0 Å². The molecular weight excluding hydrogens is 412 g/mol. The van der Waals surface area contributed by atoms with E-state index in [0.717, 1.165) is 19.3 Å². The smallest absolute Gasteiger partial charge is 0.261 e. The number of aliphatic hydroxyl groups is 2. The summed E-state index contributed by atoms with van der Waals surface area (Å²) in [7, 11) is -2.66. The van der Waals surface area contributed by atoms with E-state index in [4.69, 9.17) is 4.43 Å². The first-order valence-corrected chi connectivity index (χ1v) is 14.0. The van der Waals surface area contributed by atoms with Crippen molar-refractivity contribution < 1.29 is 14.6 Å². The maximum Gasteiger partial charge on any atom is 0.261 e. The Morgan fingerprint density at radius 1 is 0.781 bits per heavy atom. The van der Waals surface area contributed by atoms with Gasteiger partial charge in [-0.3, -0.25) is 0 Å². The van der Waals surface area contributed by atoms with Gasteiger partial charge in [0.05, 0.1) is 18.8 Å². The van der Waals surface area contributed by atoms with E-state index >= 15 is 0 Å². The van der Waals surface area contributed by atoms with Crippen LogP contribution in [0.1, 0.15) is 66.2 Å². The number of aliphatic hydroxyl groups excluding tert-OH is 2. The molecule has 0 amide bonds. The first kappa shape index (κ1) is 26.5. The molecule has 4 heteroatoms. The topological polar surface area (TPSA) is 49.7 Å². The van der Waals surface area contributed by atoms with E-state index in [-0.39, 0.29) is 11.6 Å². The molecule has 0 saturated heterocycles. The largest absolute Gasteiger partial charge is 0.404 e. The molecular formula is C28H42O3Si. The summed E-state index contributed by atoms with van der Waals surface area (Å²) in [6.45, 7) is 9.08. The van der Waals surface area contributed by atoms with Crippen LogP contribution < -0.4 is 10.4 Å². The summed E-state index contributed by atoms with van der Waals surface area (Å²) >= 11 is 0. The van der Waals surface area contributed by atoms with E-state index in [9.17, 15) is 10.2 Å². The zero-order valence-electron chi connectivity index (χ0n) is 20.3. The molecule has 0 aromatic heterocycles. The minimum absolute atomic E-state index is 0.128. The van der Waals surface area contributed by atoms with Crippen molar-refractivity contribution in [3.63, 3.8) is 0 Å². The van der Waals surface area contributed by atoms with Gasteiger partial charge in [-0.1, -0.05) is 133 Å². The second kappa shape index (κ2) is 13.1. The first-order chi connectivity index (χ1) is 15.3. The Balaban J connectivity index is 2.12. The van der Waals surface area contributed by atoms with Crippen LogP contribution in [0.3, 0.4) is 0 Å². The third kappa shape index (κ3) is 7.41. The lowest BCUT2D eigenvalue weighted by atomic mass is 10.1. The lowest BCUT2D eigenvalue weighted by Crippen LogP contribution is -2.67. The van der Waals surface area contributed by atoms with Crippen molar-refractivity contribution in [2.75, 3.05) is 6.61 Å². The predicted octanol–water partition coefficient (Wildman–Crippen LogP) is 5.20. The van der Waals surface area contributed by atoms with E-state index in [2.05, 4.69) is 76.2 Å². The van der Waals surface area contributed by atoms with Gasteiger partial charge < -0.3 is 14.6 Å². The highest BCUT2D eigenvalue weighted by Crippen LogP contribution is 2.36. The van der Waals surface area contributed by atoms with Crippen molar-refractivity contribution in [2.45, 2.75) is 83.5 Å². The average molecular weight is 455 g/mol. The van der Waals surface area contributed by atoms with Crippen molar-refractivity contribution in [3.8, 4) is 0 Å². The van der Waals surface area contributed by atoms with Crippen LogP contribution in [0.4, 0.5) is 0 Å². The monoisotopic (exact) mass is 454 g/mol. The molecule has 0 radical (unpaired) electrons. The minimum atomic E-state index is -2.66. The number of hydrogen-bond acceptors (Lipinski definition) is 3. The first-order valence-electron chi connectivity index (χ1n) is 12.1. The standard InChI is InChI=1S/C28H42O3Si/c1-5-6-7-8-11-16-24(29)21-22-25(30)23-31-32(28(2,3)4,26-17-12-9-13-18-26)27-19-14-10-15-20-27/h9-10,12-15,17-22,24-25,29-30H,5-8,11,16,23H2,1-4H3/b22-21+/t24-,25-/m0/s1. The molecule has 0 aliphatic carbocycles. The average Bonchev–Trinajstić information content (AvgIpc) is 2.78. The van der Waals surface area contributed by atoms with E-state index in [1.165, 1.54) is 29.6 Å².